The summed E-state index contributed by atoms with van der Waals surface area (Å²) in [4.78, 5) is 6.44. The van der Waals surface area contributed by atoms with E-state index in [0.717, 1.165) is 19.0 Å². The predicted molar refractivity (Wildman–Crippen MR) is 65.9 cm³/mol. The van der Waals surface area contributed by atoms with Gasteiger partial charge in [-0.15, -0.1) is 0 Å². The van der Waals surface area contributed by atoms with E-state index < -0.39 is 0 Å². The molecule has 16 heavy (non-hydrogen) atoms. The Bertz CT molecular complexity index is 330. The Morgan fingerprint density at radius 2 is 2.06 bits per heavy atom. The summed E-state index contributed by atoms with van der Waals surface area (Å²) >= 11 is 0. The lowest BCUT2D eigenvalue weighted by Crippen LogP contribution is -2.59. The first-order chi connectivity index (χ1) is 7.66. The second kappa shape index (κ2) is 4.52. The van der Waals surface area contributed by atoms with Gasteiger partial charge in [0, 0.05) is 31.0 Å². The van der Waals surface area contributed by atoms with Crippen LogP contribution in [-0.4, -0.2) is 29.0 Å². The zero-order valence-corrected chi connectivity index (χ0v) is 10.2. The first-order valence-electron chi connectivity index (χ1n) is 5.96. The van der Waals surface area contributed by atoms with Crippen molar-refractivity contribution in [2.45, 2.75) is 31.8 Å². The molecule has 1 aliphatic carbocycles. The van der Waals surface area contributed by atoms with E-state index in [9.17, 15) is 0 Å². The SMILES string of the molecule is CC1CC(CN)(N(C)Cc2ccncc2)C1. The maximum absolute atomic E-state index is 5.93. The number of likely N-dealkylation sites (N-methyl/N-ethyl adjacent to an activating group) is 1. The number of nitrogens with zero attached hydrogens (tertiary/aromatic N) is 2. The lowest BCUT2D eigenvalue weighted by Gasteiger charge is -2.52. The highest BCUT2D eigenvalue weighted by molar-refractivity contribution is 5.11. The van der Waals surface area contributed by atoms with Crippen LogP contribution in [0, 0.1) is 5.92 Å². The van der Waals surface area contributed by atoms with E-state index in [-0.39, 0.29) is 5.54 Å². The van der Waals surface area contributed by atoms with Crippen LogP contribution in [0.5, 0.6) is 0 Å². The molecule has 0 aromatic carbocycles. The fourth-order valence-electron chi connectivity index (χ4n) is 2.80. The average Bonchev–Trinajstić information content (AvgIpc) is 2.25. The number of nitrogens with two attached hydrogens (primary N) is 1. The highest BCUT2D eigenvalue weighted by atomic mass is 15.2. The Morgan fingerprint density at radius 1 is 1.44 bits per heavy atom. The molecular weight excluding hydrogens is 198 g/mol. The van der Waals surface area contributed by atoms with Crippen molar-refractivity contribution >= 4 is 0 Å². The highest BCUT2D eigenvalue weighted by Crippen LogP contribution is 2.41. The van der Waals surface area contributed by atoms with Gasteiger partial charge in [0.15, 0.2) is 0 Å². The van der Waals surface area contributed by atoms with Gasteiger partial charge in [-0.25, -0.2) is 0 Å². The standard InChI is InChI=1S/C13H21N3/c1-11-7-13(8-11,10-14)16(2)9-12-3-5-15-6-4-12/h3-6,11H,7-10,14H2,1-2H3. The minimum Gasteiger partial charge on any atom is -0.329 e. The first kappa shape index (κ1) is 11.6. The maximum atomic E-state index is 5.93. The van der Waals surface area contributed by atoms with Gasteiger partial charge in [0.1, 0.15) is 0 Å². The molecule has 3 nitrogen and oxygen atoms in total. The molecule has 0 spiro atoms. The molecule has 1 saturated carbocycles. The number of pyridine rings is 1. The lowest BCUT2D eigenvalue weighted by atomic mass is 9.68. The van der Waals surface area contributed by atoms with Gasteiger partial charge in [-0.1, -0.05) is 6.92 Å². The molecule has 1 fully saturated rings. The molecule has 0 unspecified atom stereocenters. The Morgan fingerprint density at radius 3 is 2.56 bits per heavy atom. The molecule has 1 aromatic heterocycles. The summed E-state index contributed by atoms with van der Waals surface area (Å²) in [6, 6.07) is 4.14. The van der Waals surface area contributed by atoms with Crippen molar-refractivity contribution in [1.82, 2.24) is 9.88 Å². The van der Waals surface area contributed by atoms with Gasteiger partial charge in [0.25, 0.3) is 0 Å². The van der Waals surface area contributed by atoms with Crippen LogP contribution in [0.1, 0.15) is 25.3 Å². The topological polar surface area (TPSA) is 42.1 Å². The molecule has 1 aromatic rings. The van der Waals surface area contributed by atoms with Crippen molar-refractivity contribution in [3.05, 3.63) is 30.1 Å². The molecule has 1 aliphatic rings. The van der Waals surface area contributed by atoms with E-state index in [1.165, 1.54) is 18.4 Å². The van der Waals surface area contributed by atoms with Gasteiger partial charge in [0.2, 0.25) is 0 Å². The fourth-order valence-corrected chi connectivity index (χ4v) is 2.80. The number of hydrogen-bond acceptors (Lipinski definition) is 3. The van der Waals surface area contributed by atoms with Crippen LogP contribution in [0.15, 0.2) is 24.5 Å². The lowest BCUT2D eigenvalue weighted by molar-refractivity contribution is 0.000269. The Kier molecular flexibility index (Phi) is 3.26. The summed E-state index contributed by atoms with van der Waals surface area (Å²) in [5, 5.41) is 0. The highest BCUT2D eigenvalue weighted by Gasteiger charge is 2.43. The quantitative estimate of drug-likeness (QED) is 0.837. The fraction of sp³-hybridized carbons (Fsp3) is 0.615. The van der Waals surface area contributed by atoms with Crippen molar-refractivity contribution in [1.29, 1.82) is 0 Å². The zero-order chi connectivity index (χ0) is 11.6. The van der Waals surface area contributed by atoms with Crippen LogP contribution in [0.3, 0.4) is 0 Å². The third-order valence-corrected chi connectivity index (χ3v) is 3.82. The second-order valence-corrected chi connectivity index (χ2v) is 5.15. The Labute approximate surface area is 97.7 Å². The van der Waals surface area contributed by atoms with Crippen LogP contribution in [0.4, 0.5) is 0 Å². The smallest absolute Gasteiger partial charge is 0.0337 e. The predicted octanol–water partition coefficient (Wildman–Crippen LogP) is 1.64. The van der Waals surface area contributed by atoms with E-state index in [2.05, 4.69) is 36.0 Å². The number of rotatable bonds is 4. The zero-order valence-electron chi connectivity index (χ0n) is 10.2. The van der Waals surface area contributed by atoms with Gasteiger partial charge in [0.05, 0.1) is 0 Å². The number of hydrogen-bond donors (Lipinski definition) is 1. The van der Waals surface area contributed by atoms with Crippen molar-refractivity contribution in [3.8, 4) is 0 Å². The van der Waals surface area contributed by atoms with Crippen LogP contribution in [0.25, 0.3) is 0 Å². The van der Waals surface area contributed by atoms with Gasteiger partial charge in [-0.2, -0.15) is 0 Å². The monoisotopic (exact) mass is 219 g/mol. The molecular formula is C13H21N3. The van der Waals surface area contributed by atoms with E-state index in [0.29, 0.717) is 0 Å². The normalized spacial score (nSPS) is 29.1. The van der Waals surface area contributed by atoms with Crippen LogP contribution >= 0.6 is 0 Å². The summed E-state index contributed by atoms with van der Waals surface area (Å²) < 4.78 is 0. The van der Waals surface area contributed by atoms with Crippen LogP contribution in [-0.2, 0) is 6.54 Å². The molecule has 1 heterocycles. The molecule has 2 N–H and O–H groups in total. The van der Waals surface area contributed by atoms with Gasteiger partial charge < -0.3 is 5.73 Å². The average molecular weight is 219 g/mol. The van der Waals surface area contributed by atoms with E-state index in [1.54, 1.807) is 0 Å². The molecule has 2 rings (SSSR count). The maximum Gasteiger partial charge on any atom is 0.0337 e. The summed E-state index contributed by atoms with van der Waals surface area (Å²) in [6.07, 6.45) is 6.15. The molecule has 0 saturated heterocycles. The van der Waals surface area contributed by atoms with Crippen LogP contribution in [0.2, 0.25) is 0 Å². The van der Waals surface area contributed by atoms with Gasteiger partial charge in [-0.3, -0.25) is 9.88 Å². The van der Waals surface area contributed by atoms with Crippen LogP contribution < -0.4 is 5.73 Å². The third-order valence-electron chi connectivity index (χ3n) is 3.82. The Hall–Kier alpha value is -0.930. The minimum absolute atomic E-state index is 0.239. The van der Waals surface area contributed by atoms with Crippen molar-refractivity contribution < 1.29 is 0 Å². The molecule has 0 bridgehead atoms. The molecule has 0 amide bonds. The van der Waals surface area contributed by atoms with E-state index in [1.807, 2.05) is 12.4 Å². The third kappa shape index (κ3) is 2.11. The molecule has 3 heteroatoms. The van der Waals surface area contributed by atoms with E-state index >= 15 is 0 Å². The molecule has 0 aliphatic heterocycles. The number of aromatic nitrogens is 1. The molecule has 88 valence electrons. The summed E-state index contributed by atoms with van der Waals surface area (Å²) in [6.45, 7) is 4.03. The van der Waals surface area contributed by atoms with Crippen molar-refractivity contribution in [2.24, 2.45) is 11.7 Å². The van der Waals surface area contributed by atoms with Gasteiger partial charge in [-0.05, 0) is 43.5 Å². The second-order valence-electron chi connectivity index (χ2n) is 5.15. The molecule has 0 atom stereocenters. The Balaban J connectivity index is 2.00. The van der Waals surface area contributed by atoms with Crippen molar-refractivity contribution in [2.75, 3.05) is 13.6 Å². The molecule has 0 radical (unpaired) electrons. The van der Waals surface area contributed by atoms with E-state index in [4.69, 9.17) is 5.73 Å². The summed E-state index contributed by atoms with van der Waals surface area (Å²) in [7, 11) is 2.18. The van der Waals surface area contributed by atoms with Crippen molar-refractivity contribution in [3.63, 3.8) is 0 Å². The largest absolute Gasteiger partial charge is 0.329 e. The summed E-state index contributed by atoms with van der Waals surface area (Å²) in [5.74, 6) is 0.823. The van der Waals surface area contributed by atoms with Gasteiger partial charge >= 0.3 is 0 Å². The summed E-state index contributed by atoms with van der Waals surface area (Å²) in [5.41, 5.74) is 7.48. The minimum atomic E-state index is 0.239. The first-order valence-corrected chi connectivity index (χ1v) is 5.96.